The van der Waals surface area contributed by atoms with Crippen molar-refractivity contribution in [1.29, 1.82) is 0 Å². The summed E-state index contributed by atoms with van der Waals surface area (Å²) >= 11 is 0. The average molecular weight is 402 g/mol. The molecule has 0 aliphatic carbocycles. The Morgan fingerprint density at radius 1 is 0.742 bits per heavy atom. The van der Waals surface area contributed by atoms with Gasteiger partial charge in [-0.1, -0.05) is 30.3 Å². The molecule has 1 aromatic carbocycles. The maximum absolute atomic E-state index is 10.4. The van der Waals surface area contributed by atoms with E-state index < -0.39 is 0 Å². The Bertz CT molecular complexity index is 1350. The van der Waals surface area contributed by atoms with Crippen LogP contribution in [0.15, 0.2) is 134 Å². The zero-order valence-electron chi connectivity index (χ0n) is 16.6. The lowest BCUT2D eigenvalue weighted by Gasteiger charge is -2.08. The molecule has 0 amide bonds. The number of aliphatic imine (C=N–C) groups is 3. The van der Waals surface area contributed by atoms with Gasteiger partial charge in [-0.2, -0.15) is 0 Å². The number of allylic oxidation sites excluding steroid dienone is 10. The van der Waals surface area contributed by atoms with Crippen LogP contribution in [-0.4, -0.2) is 22.2 Å². The van der Waals surface area contributed by atoms with Crippen LogP contribution in [0.4, 0.5) is 0 Å². The van der Waals surface area contributed by atoms with Gasteiger partial charge in [0.25, 0.3) is 0 Å². The highest BCUT2D eigenvalue weighted by molar-refractivity contribution is 6.32. The fraction of sp³-hybridized carbons (Fsp3) is 0.0385. The number of rotatable bonds is 1. The number of aliphatic hydroxyl groups excluding tert-OH is 1. The highest BCUT2D eigenvalue weighted by Gasteiger charge is 2.21. The maximum atomic E-state index is 10.4. The van der Waals surface area contributed by atoms with Crippen molar-refractivity contribution in [1.82, 2.24) is 5.32 Å². The quantitative estimate of drug-likeness (QED) is 0.704. The molecule has 31 heavy (non-hydrogen) atoms. The Balaban J connectivity index is 1.55. The molecule has 0 radical (unpaired) electrons. The lowest BCUT2D eigenvalue weighted by Crippen LogP contribution is -2.06. The minimum atomic E-state index is 0.300. The summed E-state index contributed by atoms with van der Waals surface area (Å²) in [4.78, 5) is 14.4. The topological polar surface area (TPSA) is 69.3 Å². The fourth-order valence-corrected chi connectivity index (χ4v) is 4.03. The second-order valence-corrected chi connectivity index (χ2v) is 7.67. The van der Waals surface area contributed by atoms with Gasteiger partial charge in [0.05, 0.1) is 39.9 Å². The molecule has 0 saturated heterocycles. The SMILES string of the molecule is OC1=C2C=C3C=CC(=N3)C=C3C=CC(=N3)C(c3ccccc3)=C3C=CC(=N3)C=C(C1)N2. The van der Waals surface area contributed by atoms with Crippen LogP contribution in [0.2, 0.25) is 0 Å². The van der Waals surface area contributed by atoms with E-state index in [1.165, 1.54) is 0 Å². The van der Waals surface area contributed by atoms with Gasteiger partial charge in [0, 0.05) is 17.7 Å². The molecule has 5 heteroatoms. The van der Waals surface area contributed by atoms with Crippen LogP contribution in [-0.2, 0) is 0 Å². The van der Waals surface area contributed by atoms with Crippen molar-refractivity contribution in [2.24, 2.45) is 15.0 Å². The minimum Gasteiger partial charge on any atom is -0.510 e. The molecule has 0 unspecified atom stereocenters. The van der Waals surface area contributed by atoms with Crippen molar-refractivity contribution < 1.29 is 5.11 Å². The van der Waals surface area contributed by atoms with Crippen molar-refractivity contribution in [3.8, 4) is 0 Å². The van der Waals surface area contributed by atoms with Gasteiger partial charge in [0.15, 0.2) is 0 Å². The third-order valence-corrected chi connectivity index (χ3v) is 5.45. The summed E-state index contributed by atoms with van der Waals surface area (Å²) in [7, 11) is 0. The predicted molar refractivity (Wildman–Crippen MR) is 125 cm³/mol. The van der Waals surface area contributed by atoms with E-state index in [1.54, 1.807) is 0 Å². The second kappa shape index (κ2) is 6.92. The highest BCUT2D eigenvalue weighted by Crippen LogP contribution is 2.30. The molecule has 0 aromatic heterocycles. The Labute approximate surface area is 179 Å². The van der Waals surface area contributed by atoms with E-state index in [1.807, 2.05) is 72.9 Å². The Hall–Kier alpha value is -4.25. The first-order chi connectivity index (χ1) is 15.2. The van der Waals surface area contributed by atoms with E-state index in [2.05, 4.69) is 22.4 Å². The monoisotopic (exact) mass is 402 g/mol. The number of fused-ring (bicyclic) bond motifs is 5. The molecule has 5 heterocycles. The van der Waals surface area contributed by atoms with Gasteiger partial charge >= 0.3 is 0 Å². The van der Waals surface area contributed by atoms with Gasteiger partial charge < -0.3 is 10.4 Å². The first kappa shape index (κ1) is 17.6. The first-order valence-corrected chi connectivity index (χ1v) is 10.1. The number of nitrogens with zero attached hydrogens (tertiary/aromatic N) is 3. The first-order valence-electron chi connectivity index (χ1n) is 10.1. The van der Waals surface area contributed by atoms with Crippen molar-refractivity contribution in [2.45, 2.75) is 6.42 Å². The standard InChI is InChI=1S/C26H18N4O/c31-25-15-21-13-19-9-11-23(29-19)26(16-4-2-1-3-5-16)22-10-8-18(28-22)12-17-6-7-20(27-17)14-24(25)30-21/h1-14,30-31H,15H2. The van der Waals surface area contributed by atoms with Crippen LogP contribution in [0.5, 0.6) is 0 Å². The van der Waals surface area contributed by atoms with E-state index >= 15 is 0 Å². The van der Waals surface area contributed by atoms with Gasteiger partial charge in [-0.25, -0.2) is 15.0 Å². The van der Waals surface area contributed by atoms with Crippen molar-refractivity contribution >= 4 is 22.7 Å². The smallest absolute Gasteiger partial charge is 0.122 e. The van der Waals surface area contributed by atoms with E-state index in [4.69, 9.17) is 9.98 Å². The Kier molecular flexibility index (Phi) is 3.93. The molecular weight excluding hydrogens is 384 g/mol. The van der Waals surface area contributed by atoms with Crippen LogP contribution in [0, 0.1) is 0 Å². The second-order valence-electron chi connectivity index (χ2n) is 7.67. The lowest BCUT2D eigenvalue weighted by molar-refractivity contribution is 0.401. The third kappa shape index (κ3) is 3.26. The molecule has 0 saturated carbocycles. The maximum Gasteiger partial charge on any atom is 0.122 e. The number of aliphatic hydroxyl groups is 1. The zero-order valence-corrected chi connectivity index (χ0v) is 16.6. The van der Waals surface area contributed by atoms with Crippen molar-refractivity contribution in [2.75, 3.05) is 0 Å². The van der Waals surface area contributed by atoms with Crippen molar-refractivity contribution in [3.63, 3.8) is 0 Å². The predicted octanol–water partition coefficient (Wildman–Crippen LogP) is 4.86. The molecule has 8 bridgehead atoms. The van der Waals surface area contributed by atoms with Crippen LogP contribution in [0.25, 0.3) is 5.57 Å². The van der Waals surface area contributed by atoms with Crippen molar-refractivity contribution in [3.05, 3.63) is 125 Å². The largest absolute Gasteiger partial charge is 0.510 e. The van der Waals surface area contributed by atoms with Gasteiger partial charge in [-0.05, 0) is 60.2 Å². The number of hydrogen-bond donors (Lipinski definition) is 2. The molecule has 1 aromatic rings. The summed E-state index contributed by atoms with van der Waals surface area (Å²) < 4.78 is 0. The van der Waals surface area contributed by atoms with Crippen LogP contribution in [0.3, 0.4) is 0 Å². The zero-order chi connectivity index (χ0) is 20.8. The lowest BCUT2D eigenvalue weighted by atomic mass is 9.99. The van der Waals surface area contributed by atoms with E-state index in [9.17, 15) is 5.11 Å². The van der Waals surface area contributed by atoms with Crippen LogP contribution >= 0.6 is 0 Å². The summed E-state index contributed by atoms with van der Waals surface area (Å²) in [5.74, 6) is 0.300. The summed E-state index contributed by atoms with van der Waals surface area (Å²) in [6, 6.07) is 10.2. The highest BCUT2D eigenvalue weighted by atomic mass is 16.3. The molecule has 0 fully saturated rings. The molecule has 0 atom stereocenters. The van der Waals surface area contributed by atoms with Crippen LogP contribution in [0.1, 0.15) is 12.0 Å². The van der Waals surface area contributed by atoms with Gasteiger partial charge in [0.2, 0.25) is 0 Å². The molecule has 5 nitrogen and oxygen atoms in total. The third-order valence-electron chi connectivity index (χ3n) is 5.45. The van der Waals surface area contributed by atoms with Gasteiger partial charge in [-0.3, -0.25) is 0 Å². The normalized spacial score (nSPS) is 21.0. The summed E-state index contributed by atoms with van der Waals surface area (Å²) in [6.07, 6.45) is 18.1. The fourth-order valence-electron chi connectivity index (χ4n) is 4.03. The summed E-state index contributed by atoms with van der Waals surface area (Å²) in [5.41, 5.74) is 8.64. The molecule has 5 aliphatic heterocycles. The molecular formula is C26H18N4O. The molecule has 0 spiro atoms. The van der Waals surface area contributed by atoms with E-state index in [0.29, 0.717) is 17.9 Å². The minimum absolute atomic E-state index is 0.300. The van der Waals surface area contributed by atoms with E-state index in [-0.39, 0.29) is 0 Å². The van der Waals surface area contributed by atoms with Crippen LogP contribution < -0.4 is 5.32 Å². The Morgan fingerprint density at radius 2 is 1.52 bits per heavy atom. The average Bonchev–Trinajstić information content (AvgIpc) is 3.55. The Morgan fingerprint density at radius 3 is 2.42 bits per heavy atom. The summed E-state index contributed by atoms with van der Waals surface area (Å²) in [5, 5.41) is 13.7. The molecule has 148 valence electrons. The van der Waals surface area contributed by atoms with E-state index in [0.717, 1.165) is 51.1 Å². The summed E-state index contributed by atoms with van der Waals surface area (Å²) in [6.45, 7) is 0. The van der Waals surface area contributed by atoms with Gasteiger partial charge in [-0.15, -0.1) is 0 Å². The molecule has 6 rings (SSSR count). The molecule has 2 N–H and O–H groups in total. The van der Waals surface area contributed by atoms with Gasteiger partial charge in [0.1, 0.15) is 5.76 Å². The molecule has 5 aliphatic rings. The number of nitrogens with one attached hydrogen (secondary N) is 1. The number of hydrogen-bond acceptors (Lipinski definition) is 5. The number of benzene rings is 1.